The molecular weight excluding hydrogens is 211 g/mol. The maximum absolute atomic E-state index is 13.3. The van der Waals surface area contributed by atoms with E-state index in [1.54, 1.807) is 23.9 Å². The zero-order valence-corrected chi connectivity index (χ0v) is 9.40. The third-order valence-corrected chi connectivity index (χ3v) is 2.77. The zero-order chi connectivity index (χ0) is 11.1. The van der Waals surface area contributed by atoms with E-state index in [4.69, 9.17) is 5.26 Å². The fourth-order valence-corrected chi connectivity index (χ4v) is 1.67. The summed E-state index contributed by atoms with van der Waals surface area (Å²) < 4.78 is 13.3. The Balaban J connectivity index is 2.52. The number of halogens is 1. The third-order valence-electron chi connectivity index (χ3n) is 1.86. The summed E-state index contributed by atoms with van der Waals surface area (Å²) in [6.45, 7) is 2.83. The quantitative estimate of drug-likeness (QED) is 0.781. The van der Waals surface area contributed by atoms with E-state index >= 15 is 0 Å². The summed E-state index contributed by atoms with van der Waals surface area (Å²) in [5.74, 6) is 1.66. The van der Waals surface area contributed by atoms with E-state index in [2.05, 4.69) is 12.2 Å². The highest BCUT2D eigenvalue weighted by molar-refractivity contribution is 7.99. The minimum Gasteiger partial charge on any atom is -0.382 e. The van der Waals surface area contributed by atoms with Gasteiger partial charge in [0.05, 0.1) is 17.3 Å². The van der Waals surface area contributed by atoms with Gasteiger partial charge in [0, 0.05) is 12.3 Å². The molecular formula is C11H13FN2S. The SMILES string of the molecule is CCSCCNc1ccc(C#N)cc1F. The summed E-state index contributed by atoms with van der Waals surface area (Å²) in [6.07, 6.45) is 0. The highest BCUT2D eigenvalue weighted by atomic mass is 32.2. The van der Waals surface area contributed by atoms with Crippen LogP contribution in [-0.2, 0) is 0 Å². The predicted octanol–water partition coefficient (Wildman–Crippen LogP) is 2.86. The molecule has 0 aromatic heterocycles. The number of benzene rings is 1. The van der Waals surface area contributed by atoms with Gasteiger partial charge in [-0.15, -0.1) is 0 Å². The Kier molecular flexibility index (Phi) is 4.99. The van der Waals surface area contributed by atoms with Crippen molar-refractivity contribution in [1.82, 2.24) is 0 Å². The monoisotopic (exact) mass is 224 g/mol. The average molecular weight is 224 g/mol. The van der Waals surface area contributed by atoms with Crippen LogP contribution in [0.5, 0.6) is 0 Å². The number of nitriles is 1. The van der Waals surface area contributed by atoms with Gasteiger partial charge in [-0.05, 0) is 24.0 Å². The van der Waals surface area contributed by atoms with Crippen molar-refractivity contribution >= 4 is 17.4 Å². The van der Waals surface area contributed by atoms with E-state index in [1.807, 2.05) is 6.07 Å². The van der Waals surface area contributed by atoms with Gasteiger partial charge in [0.15, 0.2) is 0 Å². The fraction of sp³-hybridized carbons (Fsp3) is 0.364. The van der Waals surface area contributed by atoms with Crippen LogP contribution in [0.25, 0.3) is 0 Å². The molecule has 1 N–H and O–H groups in total. The molecule has 0 saturated heterocycles. The van der Waals surface area contributed by atoms with Crippen molar-refractivity contribution < 1.29 is 4.39 Å². The molecule has 4 heteroatoms. The molecule has 0 unspecified atom stereocenters. The van der Waals surface area contributed by atoms with Crippen molar-refractivity contribution in [2.75, 3.05) is 23.4 Å². The van der Waals surface area contributed by atoms with E-state index in [9.17, 15) is 4.39 Å². The first-order chi connectivity index (χ1) is 7.27. The van der Waals surface area contributed by atoms with E-state index in [1.165, 1.54) is 6.07 Å². The molecule has 0 saturated carbocycles. The summed E-state index contributed by atoms with van der Waals surface area (Å²) in [5, 5.41) is 11.6. The van der Waals surface area contributed by atoms with E-state index < -0.39 is 0 Å². The number of hydrogen-bond acceptors (Lipinski definition) is 3. The summed E-state index contributed by atoms with van der Waals surface area (Å²) in [5.41, 5.74) is 0.812. The van der Waals surface area contributed by atoms with Gasteiger partial charge in [-0.3, -0.25) is 0 Å². The number of anilines is 1. The molecule has 1 aromatic rings. The largest absolute Gasteiger partial charge is 0.382 e. The van der Waals surface area contributed by atoms with Crippen molar-refractivity contribution in [3.8, 4) is 6.07 Å². The fourth-order valence-electron chi connectivity index (χ4n) is 1.13. The summed E-state index contributed by atoms with van der Waals surface area (Å²) in [4.78, 5) is 0. The second-order valence-electron chi connectivity index (χ2n) is 2.93. The molecule has 1 aromatic carbocycles. The Morgan fingerprint density at radius 3 is 2.93 bits per heavy atom. The number of nitrogens with one attached hydrogen (secondary N) is 1. The molecule has 0 aliphatic rings. The molecule has 0 aliphatic carbocycles. The summed E-state index contributed by atoms with van der Waals surface area (Å²) in [6, 6.07) is 6.36. The van der Waals surface area contributed by atoms with E-state index in [0.717, 1.165) is 18.1 Å². The number of hydrogen-bond donors (Lipinski definition) is 1. The minimum absolute atomic E-state index is 0.348. The Bertz CT molecular complexity index is 360. The second-order valence-corrected chi connectivity index (χ2v) is 4.32. The molecule has 1 rings (SSSR count). The van der Waals surface area contributed by atoms with Gasteiger partial charge in [0.2, 0.25) is 0 Å². The topological polar surface area (TPSA) is 35.8 Å². The lowest BCUT2D eigenvalue weighted by atomic mass is 10.2. The van der Waals surface area contributed by atoms with Crippen LogP contribution >= 0.6 is 11.8 Å². The Labute approximate surface area is 93.5 Å². The van der Waals surface area contributed by atoms with E-state index in [0.29, 0.717) is 11.3 Å². The highest BCUT2D eigenvalue weighted by Gasteiger charge is 2.01. The average Bonchev–Trinajstić information content (AvgIpc) is 2.26. The van der Waals surface area contributed by atoms with Gasteiger partial charge < -0.3 is 5.32 Å². The molecule has 0 radical (unpaired) electrons. The number of rotatable bonds is 5. The van der Waals surface area contributed by atoms with Crippen molar-refractivity contribution in [1.29, 1.82) is 5.26 Å². The van der Waals surface area contributed by atoms with Crippen LogP contribution in [0.1, 0.15) is 12.5 Å². The standard InChI is InChI=1S/C11H13FN2S/c1-2-15-6-5-14-11-4-3-9(8-13)7-10(11)12/h3-4,7,14H,2,5-6H2,1H3. The lowest BCUT2D eigenvalue weighted by Gasteiger charge is -2.06. The molecule has 2 nitrogen and oxygen atoms in total. The maximum atomic E-state index is 13.3. The van der Waals surface area contributed by atoms with Gasteiger partial charge in [-0.1, -0.05) is 6.92 Å². The molecule has 0 heterocycles. The van der Waals surface area contributed by atoms with Crippen molar-refractivity contribution in [3.05, 3.63) is 29.6 Å². The summed E-state index contributed by atoms with van der Waals surface area (Å²) >= 11 is 1.80. The second kappa shape index (κ2) is 6.31. The van der Waals surface area contributed by atoms with Crippen LogP contribution in [0.15, 0.2) is 18.2 Å². The minimum atomic E-state index is -0.365. The Morgan fingerprint density at radius 2 is 2.33 bits per heavy atom. The molecule has 15 heavy (non-hydrogen) atoms. The van der Waals surface area contributed by atoms with E-state index in [-0.39, 0.29) is 5.82 Å². The van der Waals surface area contributed by atoms with Crippen LogP contribution < -0.4 is 5.32 Å². The number of nitrogens with zero attached hydrogens (tertiary/aromatic N) is 1. The molecule has 80 valence electrons. The van der Waals surface area contributed by atoms with Crippen LogP contribution in [0.2, 0.25) is 0 Å². The van der Waals surface area contributed by atoms with Crippen LogP contribution in [-0.4, -0.2) is 18.1 Å². The maximum Gasteiger partial charge on any atom is 0.147 e. The van der Waals surface area contributed by atoms with Crippen molar-refractivity contribution in [2.24, 2.45) is 0 Å². The third kappa shape index (κ3) is 3.80. The first-order valence-corrected chi connectivity index (χ1v) is 5.94. The van der Waals surface area contributed by atoms with Crippen LogP contribution in [0, 0.1) is 17.1 Å². The molecule has 0 aliphatic heterocycles. The predicted molar refractivity (Wildman–Crippen MR) is 62.6 cm³/mol. The van der Waals surface area contributed by atoms with Crippen molar-refractivity contribution in [2.45, 2.75) is 6.92 Å². The Morgan fingerprint density at radius 1 is 1.53 bits per heavy atom. The van der Waals surface area contributed by atoms with Gasteiger partial charge in [0.1, 0.15) is 5.82 Å². The zero-order valence-electron chi connectivity index (χ0n) is 8.59. The molecule has 0 amide bonds. The molecule has 0 spiro atoms. The lowest BCUT2D eigenvalue weighted by Crippen LogP contribution is -2.05. The normalized spacial score (nSPS) is 9.67. The Hall–Kier alpha value is -1.21. The van der Waals surface area contributed by atoms with Crippen LogP contribution in [0.4, 0.5) is 10.1 Å². The van der Waals surface area contributed by atoms with Gasteiger partial charge in [-0.2, -0.15) is 17.0 Å². The molecule has 0 bridgehead atoms. The van der Waals surface area contributed by atoms with Gasteiger partial charge in [0.25, 0.3) is 0 Å². The van der Waals surface area contributed by atoms with Crippen LogP contribution in [0.3, 0.4) is 0 Å². The number of thioether (sulfide) groups is 1. The highest BCUT2D eigenvalue weighted by Crippen LogP contribution is 2.15. The summed E-state index contributed by atoms with van der Waals surface area (Å²) in [7, 11) is 0. The first kappa shape index (κ1) is 11.9. The lowest BCUT2D eigenvalue weighted by molar-refractivity contribution is 0.630. The first-order valence-electron chi connectivity index (χ1n) is 4.79. The van der Waals surface area contributed by atoms with Crippen molar-refractivity contribution in [3.63, 3.8) is 0 Å². The molecule has 0 atom stereocenters. The smallest absolute Gasteiger partial charge is 0.147 e. The van der Waals surface area contributed by atoms with Gasteiger partial charge in [-0.25, -0.2) is 4.39 Å². The molecule has 0 fully saturated rings. The van der Waals surface area contributed by atoms with Gasteiger partial charge >= 0.3 is 0 Å².